The lowest BCUT2D eigenvalue weighted by atomic mass is 10.1. The maximum absolute atomic E-state index is 11.9. The summed E-state index contributed by atoms with van der Waals surface area (Å²) in [4.78, 5) is 11.9. The molecule has 0 bridgehead atoms. The van der Waals surface area contributed by atoms with Gasteiger partial charge in [-0.2, -0.15) is 5.10 Å². The zero-order chi connectivity index (χ0) is 20.1. The lowest BCUT2D eigenvalue weighted by Gasteiger charge is -2.10. The van der Waals surface area contributed by atoms with Crippen molar-refractivity contribution in [1.82, 2.24) is 5.43 Å². The van der Waals surface area contributed by atoms with E-state index in [4.69, 9.17) is 9.15 Å². The molecule has 0 aliphatic carbocycles. The molecule has 0 aliphatic rings. The molecule has 0 saturated carbocycles. The predicted molar refractivity (Wildman–Crippen MR) is 114 cm³/mol. The first-order valence-electron chi connectivity index (χ1n) is 8.81. The molecule has 0 aliphatic heterocycles. The fraction of sp³-hybridized carbons (Fsp3) is 0.182. The van der Waals surface area contributed by atoms with Crippen LogP contribution in [0.3, 0.4) is 0 Å². The first kappa shape index (κ1) is 19.9. The van der Waals surface area contributed by atoms with E-state index in [0.29, 0.717) is 5.76 Å². The van der Waals surface area contributed by atoms with Crippen molar-refractivity contribution in [1.29, 1.82) is 0 Å². The van der Waals surface area contributed by atoms with Gasteiger partial charge in [0.2, 0.25) is 0 Å². The minimum absolute atomic E-state index is 0.108. The van der Waals surface area contributed by atoms with Crippen LogP contribution in [-0.4, -0.2) is 18.7 Å². The van der Waals surface area contributed by atoms with E-state index in [1.165, 1.54) is 6.21 Å². The molecule has 1 aromatic heterocycles. The fourth-order valence-electron chi connectivity index (χ4n) is 2.75. The second-order valence-corrected chi connectivity index (χ2v) is 7.34. The number of halogens is 1. The molecule has 1 amide bonds. The fourth-order valence-corrected chi connectivity index (χ4v) is 3.44. The minimum atomic E-state index is -0.341. The van der Waals surface area contributed by atoms with E-state index in [9.17, 15) is 4.79 Å². The van der Waals surface area contributed by atoms with E-state index < -0.39 is 0 Å². The van der Waals surface area contributed by atoms with Crippen molar-refractivity contribution in [3.05, 3.63) is 75.5 Å². The molecule has 28 heavy (non-hydrogen) atoms. The second kappa shape index (κ2) is 8.89. The maximum Gasteiger partial charge on any atom is 0.277 e. The van der Waals surface area contributed by atoms with Crippen molar-refractivity contribution in [2.45, 2.75) is 20.8 Å². The molecule has 0 spiro atoms. The largest absolute Gasteiger partial charge is 0.483 e. The van der Waals surface area contributed by atoms with Gasteiger partial charge in [0, 0.05) is 10.0 Å². The van der Waals surface area contributed by atoms with Crippen molar-refractivity contribution in [2.75, 3.05) is 6.61 Å². The van der Waals surface area contributed by atoms with Crippen LogP contribution in [0.15, 0.2) is 62.5 Å². The summed E-state index contributed by atoms with van der Waals surface area (Å²) in [5, 5.41) is 3.93. The molecular formula is C22H21BrN2O3. The van der Waals surface area contributed by atoms with Crippen LogP contribution >= 0.6 is 15.9 Å². The smallest absolute Gasteiger partial charge is 0.277 e. The average Bonchev–Trinajstić information content (AvgIpc) is 3.10. The highest BCUT2D eigenvalue weighted by molar-refractivity contribution is 9.10. The van der Waals surface area contributed by atoms with E-state index in [1.807, 2.05) is 63.2 Å². The molecule has 3 aromatic rings. The molecule has 0 atom stereocenters. The third-order valence-corrected chi connectivity index (χ3v) is 4.81. The Balaban J connectivity index is 1.56. The number of aryl methyl sites for hydroxylation is 3. The van der Waals surface area contributed by atoms with E-state index in [2.05, 4.69) is 26.5 Å². The Morgan fingerprint density at radius 1 is 1.14 bits per heavy atom. The first-order valence-corrected chi connectivity index (χ1v) is 9.60. The van der Waals surface area contributed by atoms with Gasteiger partial charge in [-0.25, -0.2) is 5.43 Å². The Hall–Kier alpha value is -2.86. The van der Waals surface area contributed by atoms with Crippen LogP contribution in [0.4, 0.5) is 0 Å². The van der Waals surface area contributed by atoms with Crippen molar-refractivity contribution in [3.63, 3.8) is 0 Å². The van der Waals surface area contributed by atoms with E-state index >= 15 is 0 Å². The number of ether oxygens (including phenoxy) is 1. The van der Waals surface area contributed by atoms with E-state index in [1.54, 1.807) is 6.07 Å². The third kappa shape index (κ3) is 4.89. The number of amides is 1. The summed E-state index contributed by atoms with van der Waals surface area (Å²) in [6.45, 7) is 5.81. The highest BCUT2D eigenvalue weighted by atomic mass is 79.9. The van der Waals surface area contributed by atoms with Gasteiger partial charge in [-0.3, -0.25) is 4.79 Å². The summed E-state index contributed by atoms with van der Waals surface area (Å²) in [5.41, 5.74) is 6.54. The zero-order valence-corrected chi connectivity index (χ0v) is 17.5. The quantitative estimate of drug-likeness (QED) is 0.425. The number of hydrogen-bond acceptors (Lipinski definition) is 4. The molecule has 2 aromatic carbocycles. The van der Waals surface area contributed by atoms with Gasteiger partial charge in [-0.1, -0.05) is 40.2 Å². The Kier molecular flexibility index (Phi) is 6.31. The standard InChI is InChI=1S/C22H21BrN2O3/c1-14-7-9-18(19(23)11-14)20-10-8-17(28-20)12-24-25-21(26)13-27-22-15(2)5-4-6-16(22)3/h4-12H,13H2,1-3H3,(H,25,26)/b24-12-. The molecule has 3 rings (SSSR count). The van der Waals surface area contributed by atoms with E-state index in [-0.39, 0.29) is 12.5 Å². The van der Waals surface area contributed by atoms with Gasteiger partial charge in [0.25, 0.3) is 5.91 Å². The number of furan rings is 1. The summed E-state index contributed by atoms with van der Waals surface area (Å²) >= 11 is 3.55. The van der Waals surface area contributed by atoms with Crippen LogP contribution in [0.5, 0.6) is 5.75 Å². The molecule has 6 heteroatoms. The molecule has 0 radical (unpaired) electrons. The number of benzene rings is 2. The molecule has 0 unspecified atom stereocenters. The first-order chi connectivity index (χ1) is 13.4. The van der Waals surface area contributed by atoms with Crippen LogP contribution in [0.2, 0.25) is 0 Å². The third-order valence-electron chi connectivity index (χ3n) is 4.15. The molecule has 144 valence electrons. The lowest BCUT2D eigenvalue weighted by molar-refractivity contribution is -0.123. The molecule has 1 N–H and O–H groups in total. The van der Waals surface area contributed by atoms with Crippen LogP contribution in [0.1, 0.15) is 22.5 Å². The molecule has 0 saturated heterocycles. The Bertz CT molecular complexity index is 1000. The summed E-state index contributed by atoms with van der Waals surface area (Å²) < 4.78 is 12.3. The topological polar surface area (TPSA) is 63.8 Å². The van der Waals surface area contributed by atoms with Gasteiger partial charge in [-0.05, 0) is 61.7 Å². The number of carbonyl (C=O) groups excluding carboxylic acids is 1. The van der Waals surface area contributed by atoms with Crippen molar-refractivity contribution < 1.29 is 13.9 Å². The van der Waals surface area contributed by atoms with Gasteiger partial charge in [0.1, 0.15) is 17.3 Å². The van der Waals surface area contributed by atoms with Crippen molar-refractivity contribution in [2.24, 2.45) is 5.10 Å². The van der Waals surface area contributed by atoms with Gasteiger partial charge in [-0.15, -0.1) is 0 Å². The Labute approximate surface area is 172 Å². The summed E-state index contributed by atoms with van der Waals surface area (Å²) in [7, 11) is 0. The summed E-state index contributed by atoms with van der Waals surface area (Å²) in [6.07, 6.45) is 1.46. The normalized spacial score (nSPS) is 11.0. The van der Waals surface area contributed by atoms with Crippen molar-refractivity contribution >= 4 is 28.1 Å². The number of nitrogens with zero attached hydrogens (tertiary/aromatic N) is 1. The van der Waals surface area contributed by atoms with Gasteiger partial charge >= 0.3 is 0 Å². The lowest BCUT2D eigenvalue weighted by Crippen LogP contribution is -2.24. The van der Waals surface area contributed by atoms with Gasteiger partial charge < -0.3 is 9.15 Å². The molecule has 0 fully saturated rings. The van der Waals surface area contributed by atoms with E-state index in [0.717, 1.165) is 38.2 Å². The number of carbonyl (C=O) groups is 1. The number of hydrogen-bond donors (Lipinski definition) is 1. The predicted octanol–water partition coefficient (Wildman–Crippen LogP) is 5.16. The highest BCUT2D eigenvalue weighted by Gasteiger charge is 2.09. The number of rotatable bonds is 6. The number of hydrazone groups is 1. The van der Waals surface area contributed by atoms with Crippen LogP contribution in [0, 0.1) is 20.8 Å². The molecular weight excluding hydrogens is 420 g/mol. The van der Waals surface area contributed by atoms with Crippen LogP contribution in [0.25, 0.3) is 11.3 Å². The summed E-state index contributed by atoms with van der Waals surface area (Å²) in [5.74, 6) is 1.64. The number of para-hydroxylation sites is 1. The SMILES string of the molecule is Cc1ccc(-c2ccc(/C=N\NC(=O)COc3c(C)cccc3C)o2)c(Br)c1. The van der Waals surface area contributed by atoms with Gasteiger partial charge in [0.15, 0.2) is 6.61 Å². The van der Waals surface area contributed by atoms with Crippen molar-refractivity contribution in [3.8, 4) is 17.1 Å². The minimum Gasteiger partial charge on any atom is -0.483 e. The Morgan fingerprint density at radius 3 is 2.61 bits per heavy atom. The molecule has 1 heterocycles. The highest BCUT2D eigenvalue weighted by Crippen LogP contribution is 2.30. The maximum atomic E-state index is 11.9. The van der Waals surface area contributed by atoms with Crippen LogP contribution < -0.4 is 10.2 Å². The molecule has 5 nitrogen and oxygen atoms in total. The summed E-state index contributed by atoms with van der Waals surface area (Å²) in [6, 6.07) is 15.5. The van der Waals surface area contributed by atoms with Crippen LogP contribution in [-0.2, 0) is 4.79 Å². The second-order valence-electron chi connectivity index (χ2n) is 6.49. The van der Waals surface area contributed by atoms with Gasteiger partial charge in [0.05, 0.1) is 6.21 Å². The average molecular weight is 441 g/mol. The number of nitrogens with one attached hydrogen (secondary N) is 1. The Morgan fingerprint density at radius 2 is 1.89 bits per heavy atom. The zero-order valence-electron chi connectivity index (χ0n) is 16.0. The monoisotopic (exact) mass is 440 g/mol.